The van der Waals surface area contributed by atoms with Crippen LogP contribution in [0.4, 0.5) is 0 Å². The maximum atomic E-state index is 5.90. The van der Waals surface area contributed by atoms with Crippen molar-refractivity contribution in [2.24, 2.45) is 5.73 Å². The van der Waals surface area contributed by atoms with Crippen LogP contribution in [0.15, 0.2) is 46.9 Å². The van der Waals surface area contributed by atoms with Crippen LogP contribution in [0.2, 0.25) is 0 Å². The summed E-state index contributed by atoms with van der Waals surface area (Å²) in [6.07, 6.45) is 0.798. The van der Waals surface area contributed by atoms with Gasteiger partial charge in [0.05, 0.1) is 7.11 Å². The highest BCUT2D eigenvalue weighted by molar-refractivity contribution is 9.10. The van der Waals surface area contributed by atoms with Crippen LogP contribution >= 0.6 is 15.9 Å². The van der Waals surface area contributed by atoms with Gasteiger partial charge in [0.1, 0.15) is 18.1 Å². The van der Waals surface area contributed by atoms with Gasteiger partial charge in [-0.25, -0.2) is 0 Å². The Morgan fingerprint density at radius 2 is 2.00 bits per heavy atom. The molecule has 20 heavy (non-hydrogen) atoms. The van der Waals surface area contributed by atoms with Gasteiger partial charge in [-0.05, 0) is 54.4 Å². The summed E-state index contributed by atoms with van der Waals surface area (Å²) in [5.74, 6) is 1.71. The first kappa shape index (κ1) is 14.9. The Morgan fingerprint density at radius 1 is 1.15 bits per heavy atom. The second-order valence-corrected chi connectivity index (χ2v) is 5.35. The fraction of sp³-hybridized carbons (Fsp3) is 0.250. The lowest BCUT2D eigenvalue weighted by Crippen LogP contribution is -2.05. The average molecular weight is 336 g/mol. The SMILES string of the molecule is COc1cccc(COc2ccc(Br)cc2CCN)c1. The smallest absolute Gasteiger partial charge is 0.123 e. The molecule has 0 bridgehead atoms. The van der Waals surface area contributed by atoms with E-state index in [0.717, 1.165) is 33.5 Å². The van der Waals surface area contributed by atoms with Crippen molar-refractivity contribution in [1.82, 2.24) is 0 Å². The van der Waals surface area contributed by atoms with E-state index in [0.29, 0.717) is 13.2 Å². The van der Waals surface area contributed by atoms with Crippen molar-refractivity contribution >= 4 is 15.9 Å². The molecule has 0 spiro atoms. The molecule has 0 amide bonds. The van der Waals surface area contributed by atoms with Gasteiger partial charge in [0.2, 0.25) is 0 Å². The maximum absolute atomic E-state index is 5.90. The Hall–Kier alpha value is -1.52. The molecule has 0 heterocycles. The summed E-state index contributed by atoms with van der Waals surface area (Å²) < 4.78 is 12.1. The summed E-state index contributed by atoms with van der Waals surface area (Å²) >= 11 is 3.47. The lowest BCUT2D eigenvalue weighted by Gasteiger charge is -2.12. The predicted octanol–water partition coefficient (Wildman–Crippen LogP) is 3.54. The zero-order valence-electron chi connectivity index (χ0n) is 11.4. The Bertz CT molecular complexity index is 572. The monoisotopic (exact) mass is 335 g/mol. The van der Waals surface area contributed by atoms with Crippen LogP contribution in [0.1, 0.15) is 11.1 Å². The highest BCUT2D eigenvalue weighted by Gasteiger charge is 2.05. The number of halogens is 1. The third kappa shape index (κ3) is 3.99. The minimum atomic E-state index is 0.510. The third-order valence-corrected chi connectivity index (χ3v) is 3.46. The van der Waals surface area contributed by atoms with Crippen LogP contribution in [-0.4, -0.2) is 13.7 Å². The lowest BCUT2D eigenvalue weighted by molar-refractivity contribution is 0.302. The molecule has 106 valence electrons. The van der Waals surface area contributed by atoms with Crippen LogP contribution < -0.4 is 15.2 Å². The Morgan fingerprint density at radius 3 is 2.75 bits per heavy atom. The zero-order valence-corrected chi connectivity index (χ0v) is 13.0. The Balaban J connectivity index is 2.09. The van der Waals surface area contributed by atoms with Crippen LogP contribution in [0.3, 0.4) is 0 Å². The lowest BCUT2D eigenvalue weighted by atomic mass is 10.1. The summed E-state index contributed by atoms with van der Waals surface area (Å²) in [6.45, 7) is 1.11. The molecule has 0 aromatic heterocycles. The first-order valence-electron chi connectivity index (χ1n) is 6.47. The highest BCUT2D eigenvalue weighted by Crippen LogP contribution is 2.25. The molecule has 0 saturated carbocycles. The number of hydrogen-bond acceptors (Lipinski definition) is 3. The van der Waals surface area contributed by atoms with Crippen molar-refractivity contribution in [2.75, 3.05) is 13.7 Å². The van der Waals surface area contributed by atoms with Crippen molar-refractivity contribution in [1.29, 1.82) is 0 Å². The van der Waals surface area contributed by atoms with E-state index < -0.39 is 0 Å². The molecular weight excluding hydrogens is 318 g/mol. The van der Waals surface area contributed by atoms with Crippen molar-refractivity contribution in [3.63, 3.8) is 0 Å². The quantitative estimate of drug-likeness (QED) is 0.878. The molecule has 0 aliphatic rings. The van der Waals surface area contributed by atoms with Crippen LogP contribution in [0.5, 0.6) is 11.5 Å². The van der Waals surface area contributed by atoms with Crippen molar-refractivity contribution in [2.45, 2.75) is 13.0 Å². The van der Waals surface area contributed by atoms with Gasteiger partial charge in [-0.15, -0.1) is 0 Å². The zero-order chi connectivity index (χ0) is 14.4. The number of methoxy groups -OCH3 is 1. The molecule has 0 aliphatic carbocycles. The number of benzene rings is 2. The average Bonchev–Trinajstić information content (AvgIpc) is 2.47. The number of nitrogens with two attached hydrogens (primary N) is 1. The molecule has 2 N–H and O–H groups in total. The Labute approximate surface area is 127 Å². The van der Waals surface area contributed by atoms with Gasteiger partial charge in [0, 0.05) is 4.47 Å². The van der Waals surface area contributed by atoms with Gasteiger partial charge in [0.25, 0.3) is 0 Å². The van der Waals surface area contributed by atoms with E-state index >= 15 is 0 Å². The maximum Gasteiger partial charge on any atom is 0.123 e. The van der Waals surface area contributed by atoms with Crippen LogP contribution in [-0.2, 0) is 13.0 Å². The van der Waals surface area contributed by atoms with E-state index in [1.165, 1.54) is 0 Å². The van der Waals surface area contributed by atoms with Gasteiger partial charge in [-0.2, -0.15) is 0 Å². The summed E-state index contributed by atoms with van der Waals surface area (Å²) in [7, 11) is 1.66. The molecule has 0 saturated heterocycles. The first-order valence-corrected chi connectivity index (χ1v) is 7.26. The summed E-state index contributed by atoms with van der Waals surface area (Å²) in [5.41, 5.74) is 7.83. The minimum absolute atomic E-state index is 0.510. The third-order valence-electron chi connectivity index (χ3n) is 2.96. The van der Waals surface area contributed by atoms with E-state index in [1.54, 1.807) is 7.11 Å². The van der Waals surface area contributed by atoms with Crippen molar-refractivity contribution < 1.29 is 9.47 Å². The molecular formula is C16H18BrNO2. The summed E-state index contributed by atoms with van der Waals surface area (Å²) in [4.78, 5) is 0. The molecule has 0 atom stereocenters. The molecule has 0 fully saturated rings. The minimum Gasteiger partial charge on any atom is -0.497 e. The van der Waals surface area contributed by atoms with Gasteiger partial charge in [-0.1, -0.05) is 28.1 Å². The molecule has 0 aliphatic heterocycles. The molecule has 2 aromatic rings. The van der Waals surface area contributed by atoms with E-state index in [2.05, 4.69) is 15.9 Å². The molecule has 0 unspecified atom stereocenters. The van der Waals surface area contributed by atoms with Gasteiger partial charge < -0.3 is 15.2 Å². The normalized spacial score (nSPS) is 10.3. The van der Waals surface area contributed by atoms with E-state index in [4.69, 9.17) is 15.2 Å². The van der Waals surface area contributed by atoms with E-state index in [-0.39, 0.29) is 0 Å². The van der Waals surface area contributed by atoms with Crippen molar-refractivity contribution in [3.05, 3.63) is 58.1 Å². The molecule has 2 rings (SSSR count). The fourth-order valence-electron chi connectivity index (χ4n) is 1.96. The summed E-state index contributed by atoms with van der Waals surface area (Å²) in [5, 5.41) is 0. The second-order valence-electron chi connectivity index (χ2n) is 4.43. The van der Waals surface area contributed by atoms with Gasteiger partial charge in [-0.3, -0.25) is 0 Å². The standard InChI is InChI=1S/C16H18BrNO2/c1-19-15-4-2-3-12(9-15)11-20-16-6-5-14(17)10-13(16)7-8-18/h2-6,9-10H,7-8,11,18H2,1H3. The molecule has 4 heteroatoms. The molecule has 2 aromatic carbocycles. The van der Waals surface area contributed by atoms with E-state index in [9.17, 15) is 0 Å². The topological polar surface area (TPSA) is 44.5 Å². The van der Waals surface area contributed by atoms with Crippen molar-refractivity contribution in [3.8, 4) is 11.5 Å². The first-order chi connectivity index (χ1) is 9.72. The van der Waals surface area contributed by atoms with Gasteiger partial charge in [0.15, 0.2) is 0 Å². The second kappa shape index (κ2) is 7.31. The highest BCUT2D eigenvalue weighted by atomic mass is 79.9. The Kier molecular flexibility index (Phi) is 5.44. The van der Waals surface area contributed by atoms with Gasteiger partial charge >= 0.3 is 0 Å². The largest absolute Gasteiger partial charge is 0.497 e. The molecule has 3 nitrogen and oxygen atoms in total. The number of rotatable bonds is 6. The van der Waals surface area contributed by atoms with Crippen LogP contribution in [0.25, 0.3) is 0 Å². The fourth-order valence-corrected chi connectivity index (χ4v) is 2.37. The summed E-state index contributed by atoms with van der Waals surface area (Å²) in [6, 6.07) is 13.9. The predicted molar refractivity (Wildman–Crippen MR) is 84.2 cm³/mol. The van der Waals surface area contributed by atoms with Crippen LogP contribution in [0, 0.1) is 0 Å². The van der Waals surface area contributed by atoms with E-state index in [1.807, 2.05) is 42.5 Å². The number of hydrogen-bond donors (Lipinski definition) is 1. The molecule has 0 radical (unpaired) electrons. The number of ether oxygens (including phenoxy) is 2.